The zero-order valence-electron chi connectivity index (χ0n) is 12.3. The van der Waals surface area contributed by atoms with Gasteiger partial charge >= 0.3 is 0 Å². The fourth-order valence-corrected chi connectivity index (χ4v) is 3.24. The van der Waals surface area contributed by atoms with E-state index in [0.29, 0.717) is 4.75 Å². The number of aromatic nitrogens is 2. The third-order valence-corrected chi connectivity index (χ3v) is 5.64. The molecule has 0 aliphatic carbocycles. The molecule has 0 radical (unpaired) electrons. The van der Waals surface area contributed by atoms with E-state index < -0.39 is 0 Å². The molecule has 0 saturated heterocycles. The van der Waals surface area contributed by atoms with Gasteiger partial charge in [0.05, 0.1) is 0 Å². The second-order valence-corrected chi connectivity index (χ2v) is 7.65. The molecule has 0 atom stereocenters. The molecule has 104 valence electrons. The van der Waals surface area contributed by atoms with Crippen LogP contribution in [0, 0.1) is 0 Å². The van der Waals surface area contributed by atoms with Crippen LogP contribution in [0.2, 0.25) is 0 Å². The molecule has 1 heterocycles. The van der Waals surface area contributed by atoms with Crippen molar-refractivity contribution in [2.24, 2.45) is 0 Å². The van der Waals surface area contributed by atoms with Crippen molar-refractivity contribution in [3.05, 3.63) is 5.82 Å². The molecule has 0 saturated carbocycles. The molecule has 1 rings (SSSR count). The number of thioether (sulfide) groups is 1. The summed E-state index contributed by atoms with van der Waals surface area (Å²) in [5, 5.41) is 4.40. The molecule has 0 aromatic carbocycles. The highest BCUT2D eigenvalue weighted by Crippen LogP contribution is 2.31. The number of nitrogens with one attached hydrogen (secondary N) is 1. The number of hydrogen-bond acceptors (Lipinski definition) is 5. The van der Waals surface area contributed by atoms with E-state index >= 15 is 0 Å². The van der Waals surface area contributed by atoms with E-state index in [2.05, 4.69) is 55.5 Å². The Labute approximate surface area is 119 Å². The first-order valence-electron chi connectivity index (χ1n) is 6.50. The lowest BCUT2D eigenvalue weighted by Crippen LogP contribution is -2.32. The van der Waals surface area contributed by atoms with Gasteiger partial charge in [0.15, 0.2) is 0 Å². The van der Waals surface area contributed by atoms with Crippen LogP contribution in [-0.2, 0) is 5.41 Å². The molecule has 1 aromatic rings. The van der Waals surface area contributed by atoms with E-state index in [9.17, 15) is 0 Å². The lowest BCUT2D eigenvalue weighted by Gasteiger charge is -2.29. The summed E-state index contributed by atoms with van der Waals surface area (Å²) in [6, 6.07) is 0. The minimum atomic E-state index is 0.0303. The van der Waals surface area contributed by atoms with Gasteiger partial charge in [-0.05, 0) is 19.1 Å². The Bertz CT molecular complexity index is 356. The van der Waals surface area contributed by atoms with Crippen molar-refractivity contribution >= 4 is 28.4 Å². The van der Waals surface area contributed by atoms with Gasteiger partial charge < -0.3 is 5.32 Å². The summed E-state index contributed by atoms with van der Waals surface area (Å²) in [7, 11) is 0. The van der Waals surface area contributed by atoms with Gasteiger partial charge in [-0.2, -0.15) is 16.1 Å². The maximum Gasteiger partial charge on any atom is 0.202 e. The maximum atomic E-state index is 4.57. The molecular weight excluding hydrogens is 262 g/mol. The normalized spacial score (nSPS) is 12.8. The lowest BCUT2D eigenvalue weighted by molar-refractivity contribution is 0.553. The Morgan fingerprint density at radius 1 is 1.22 bits per heavy atom. The quantitative estimate of drug-likeness (QED) is 0.852. The van der Waals surface area contributed by atoms with Crippen LogP contribution in [0.4, 0.5) is 5.13 Å². The highest BCUT2D eigenvalue weighted by atomic mass is 32.2. The van der Waals surface area contributed by atoms with Gasteiger partial charge in [-0.15, -0.1) is 0 Å². The average Bonchev–Trinajstić information content (AvgIpc) is 2.80. The van der Waals surface area contributed by atoms with Crippen LogP contribution in [0.15, 0.2) is 0 Å². The molecule has 3 nitrogen and oxygen atoms in total. The molecule has 0 amide bonds. The number of nitrogens with zero attached hydrogens (tertiary/aromatic N) is 2. The topological polar surface area (TPSA) is 37.8 Å². The number of hydrogen-bond donors (Lipinski definition) is 1. The van der Waals surface area contributed by atoms with Crippen molar-refractivity contribution in [3.8, 4) is 0 Å². The maximum absolute atomic E-state index is 4.57. The molecule has 0 bridgehead atoms. The molecule has 5 heteroatoms. The molecule has 0 aliphatic heterocycles. The van der Waals surface area contributed by atoms with Crippen molar-refractivity contribution in [3.63, 3.8) is 0 Å². The Kier molecular flexibility index (Phi) is 5.46. The van der Waals surface area contributed by atoms with Gasteiger partial charge in [0.1, 0.15) is 5.82 Å². The Morgan fingerprint density at radius 3 is 2.22 bits per heavy atom. The van der Waals surface area contributed by atoms with E-state index in [0.717, 1.165) is 17.5 Å². The highest BCUT2D eigenvalue weighted by molar-refractivity contribution is 8.00. The predicted molar refractivity (Wildman–Crippen MR) is 83.9 cm³/mol. The van der Waals surface area contributed by atoms with E-state index in [1.165, 1.54) is 24.4 Å². The molecular formula is C13H25N3S2. The molecule has 0 fully saturated rings. The van der Waals surface area contributed by atoms with Crippen LogP contribution in [0.1, 0.15) is 53.3 Å². The lowest BCUT2D eigenvalue weighted by atomic mass is 9.96. The van der Waals surface area contributed by atoms with Crippen LogP contribution in [0.5, 0.6) is 0 Å². The van der Waals surface area contributed by atoms with Crippen molar-refractivity contribution in [2.45, 2.75) is 57.6 Å². The summed E-state index contributed by atoms with van der Waals surface area (Å²) in [4.78, 5) is 4.57. The van der Waals surface area contributed by atoms with E-state index in [1.54, 1.807) is 0 Å². The SMILES string of the molecule is CCC(CC)(CNc1nc(C(C)(C)C)ns1)SC. The predicted octanol–water partition coefficient (Wildman–Crippen LogP) is 4.17. The fraction of sp³-hybridized carbons (Fsp3) is 0.846. The first-order valence-corrected chi connectivity index (χ1v) is 8.50. The average molecular weight is 287 g/mol. The second-order valence-electron chi connectivity index (χ2n) is 5.62. The van der Waals surface area contributed by atoms with Crippen LogP contribution < -0.4 is 5.32 Å². The second kappa shape index (κ2) is 6.24. The third kappa shape index (κ3) is 3.85. The van der Waals surface area contributed by atoms with Gasteiger partial charge in [0, 0.05) is 28.2 Å². The van der Waals surface area contributed by atoms with Gasteiger partial charge in [-0.3, -0.25) is 0 Å². The van der Waals surface area contributed by atoms with Gasteiger partial charge in [-0.1, -0.05) is 34.6 Å². The smallest absolute Gasteiger partial charge is 0.202 e. The summed E-state index contributed by atoms with van der Waals surface area (Å²) in [5.41, 5.74) is 0.0303. The third-order valence-electron chi connectivity index (χ3n) is 3.38. The minimum absolute atomic E-state index is 0.0303. The van der Waals surface area contributed by atoms with E-state index in [4.69, 9.17) is 0 Å². The van der Waals surface area contributed by atoms with Crippen LogP contribution in [0.3, 0.4) is 0 Å². The summed E-state index contributed by atoms with van der Waals surface area (Å²) in [6.07, 6.45) is 4.53. The van der Waals surface area contributed by atoms with Gasteiger partial charge in [-0.25, -0.2) is 4.98 Å². The van der Waals surface area contributed by atoms with Crippen molar-refractivity contribution in [1.82, 2.24) is 9.36 Å². The Morgan fingerprint density at radius 2 is 1.83 bits per heavy atom. The summed E-state index contributed by atoms with van der Waals surface area (Å²) in [6.45, 7) is 11.9. The van der Waals surface area contributed by atoms with Crippen LogP contribution >= 0.6 is 23.3 Å². The molecule has 1 aromatic heterocycles. The zero-order valence-corrected chi connectivity index (χ0v) is 14.0. The number of rotatable bonds is 6. The standard InChI is InChI=1S/C13H25N3S2/c1-7-13(8-2,17-6)9-14-11-15-10(16-18-11)12(3,4)5/h7-9H2,1-6H3,(H,14,15,16). The van der Waals surface area contributed by atoms with Gasteiger partial charge in [0.25, 0.3) is 0 Å². The highest BCUT2D eigenvalue weighted by Gasteiger charge is 2.25. The first kappa shape index (κ1) is 15.8. The Balaban J connectivity index is 2.66. The molecule has 18 heavy (non-hydrogen) atoms. The van der Waals surface area contributed by atoms with Crippen molar-refractivity contribution in [2.75, 3.05) is 18.1 Å². The molecule has 0 aliphatic rings. The van der Waals surface area contributed by atoms with Gasteiger partial charge in [0.2, 0.25) is 5.13 Å². The summed E-state index contributed by atoms with van der Waals surface area (Å²) in [5.74, 6) is 0.928. The largest absolute Gasteiger partial charge is 0.359 e. The first-order chi connectivity index (χ1) is 8.37. The zero-order chi connectivity index (χ0) is 13.8. The van der Waals surface area contributed by atoms with Crippen molar-refractivity contribution < 1.29 is 0 Å². The molecule has 1 N–H and O–H groups in total. The fourth-order valence-electron chi connectivity index (χ4n) is 1.70. The Hall–Kier alpha value is -0.290. The molecule has 0 unspecified atom stereocenters. The summed E-state index contributed by atoms with van der Waals surface area (Å²) < 4.78 is 4.74. The monoisotopic (exact) mass is 287 g/mol. The van der Waals surface area contributed by atoms with E-state index in [1.807, 2.05) is 11.8 Å². The van der Waals surface area contributed by atoms with Crippen molar-refractivity contribution in [1.29, 1.82) is 0 Å². The van der Waals surface area contributed by atoms with Crippen LogP contribution in [-0.4, -0.2) is 26.9 Å². The van der Waals surface area contributed by atoms with Crippen LogP contribution in [0.25, 0.3) is 0 Å². The summed E-state index contributed by atoms with van der Waals surface area (Å²) >= 11 is 3.41. The molecule has 0 spiro atoms. The van der Waals surface area contributed by atoms with E-state index in [-0.39, 0.29) is 5.41 Å². The number of anilines is 1. The minimum Gasteiger partial charge on any atom is -0.359 e.